The highest BCUT2D eigenvalue weighted by atomic mass is 32.1. The number of hydrogen-bond donors (Lipinski definition) is 1. The Labute approximate surface area is 85.6 Å². The van der Waals surface area contributed by atoms with Crippen LogP contribution in [0.15, 0.2) is 12.3 Å². The van der Waals surface area contributed by atoms with E-state index in [1.54, 1.807) is 6.08 Å². The lowest BCUT2D eigenvalue weighted by atomic mass is 10.4. The third kappa shape index (κ3) is 3.23. The molecule has 0 radical (unpaired) electrons. The van der Waals surface area contributed by atoms with Crippen molar-refractivity contribution in [3.05, 3.63) is 27.4 Å². The second kappa shape index (κ2) is 5.46. The third-order valence-corrected chi connectivity index (χ3v) is 2.43. The van der Waals surface area contributed by atoms with Crippen LogP contribution in [-0.2, 0) is 0 Å². The molecule has 6 heteroatoms. The maximum atomic E-state index is 10.3. The summed E-state index contributed by atoms with van der Waals surface area (Å²) in [5.41, 5.74) is 0. The van der Waals surface area contributed by atoms with Crippen molar-refractivity contribution in [2.45, 2.75) is 6.42 Å². The monoisotopic (exact) mass is 213 g/mol. The molecule has 0 aliphatic rings. The molecule has 1 aromatic heterocycles. The zero-order valence-corrected chi connectivity index (χ0v) is 8.58. The van der Waals surface area contributed by atoms with E-state index in [4.69, 9.17) is 0 Å². The molecule has 0 aliphatic carbocycles. The second-order valence-electron chi connectivity index (χ2n) is 2.59. The number of aromatic nitrogens is 1. The van der Waals surface area contributed by atoms with Gasteiger partial charge in [-0.25, -0.2) is 4.98 Å². The Morgan fingerprint density at radius 3 is 3.14 bits per heavy atom. The first kappa shape index (κ1) is 10.8. The second-order valence-corrected chi connectivity index (χ2v) is 3.63. The summed E-state index contributed by atoms with van der Waals surface area (Å²) in [6.45, 7) is 0.893. The van der Waals surface area contributed by atoms with Crippen LogP contribution in [0.4, 0.5) is 5.00 Å². The van der Waals surface area contributed by atoms with Crippen LogP contribution in [0.3, 0.4) is 0 Å². The van der Waals surface area contributed by atoms with Gasteiger partial charge in [-0.05, 0) is 37.4 Å². The molecule has 0 unspecified atom stereocenters. The van der Waals surface area contributed by atoms with Gasteiger partial charge < -0.3 is 5.32 Å². The molecule has 1 aromatic rings. The highest BCUT2D eigenvalue weighted by molar-refractivity contribution is 7.15. The van der Waals surface area contributed by atoms with Crippen LogP contribution in [0, 0.1) is 10.1 Å². The topological polar surface area (TPSA) is 68.1 Å². The molecule has 76 valence electrons. The van der Waals surface area contributed by atoms with Crippen molar-refractivity contribution in [1.29, 1.82) is 0 Å². The van der Waals surface area contributed by atoms with Crippen LogP contribution in [0.2, 0.25) is 0 Å². The van der Waals surface area contributed by atoms with Crippen molar-refractivity contribution < 1.29 is 4.92 Å². The summed E-state index contributed by atoms with van der Waals surface area (Å²) in [4.78, 5) is 13.8. The quantitative estimate of drug-likeness (QED) is 0.459. The SMILES string of the molecule is CNCCC=Cc1ncc([N+](=O)[O-])s1. The molecule has 0 saturated carbocycles. The first-order valence-corrected chi connectivity index (χ1v) is 4.97. The summed E-state index contributed by atoms with van der Waals surface area (Å²) < 4.78 is 0. The first-order valence-electron chi connectivity index (χ1n) is 4.15. The van der Waals surface area contributed by atoms with Crippen molar-refractivity contribution in [1.82, 2.24) is 10.3 Å². The van der Waals surface area contributed by atoms with E-state index in [0.717, 1.165) is 24.3 Å². The maximum Gasteiger partial charge on any atom is 0.344 e. The highest BCUT2D eigenvalue weighted by Gasteiger charge is 2.08. The van der Waals surface area contributed by atoms with Crippen LogP contribution < -0.4 is 5.32 Å². The molecular weight excluding hydrogens is 202 g/mol. The van der Waals surface area contributed by atoms with Gasteiger partial charge in [-0.1, -0.05) is 6.08 Å². The molecule has 0 aromatic carbocycles. The molecule has 0 atom stereocenters. The number of rotatable bonds is 5. The van der Waals surface area contributed by atoms with Gasteiger partial charge >= 0.3 is 5.00 Å². The minimum Gasteiger partial charge on any atom is -0.319 e. The zero-order chi connectivity index (χ0) is 10.4. The lowest BCUT2D eigenvalue weighted by molar-refractivity contribution is -0.380. The average Bonchev–Trinajstić information content (AvgIpc) is 2.61. The predicted molar refractivity (Wildman–Crippen MR) is 56.3 cm³/mol. The summed E-state index contributed by atoms with van der Waals surface area (Å²) in [5.74, 6) is 0. The molecule has 1 heterocycles. The van der Waals surface area contributed by atoms with E-state index in [9.17, 15) is 10.1 Å². The number of nitrogens with zero attached hydrogens (tertiary/aromatic N) is 2. The van der Waals surface area contributed by atoms with Crippen molar-refractivity contribution >= 4 is 22.4 Å². The van der Waals surface area contributed by atoms with Gasteiger partial charge in [0.1, 0.15) is 11.2 Å². The number of nitrogens with one attached hydrogen (secondary N) is 1. The minimum absolute atomic E-state index is 0.0817. The molecule has 1 N–H and O–H groups in total. The molecule has 1 rings (SSSR count). The van der Waals surface area contributed by atoms with E-state index >= 15 is 0 Å². The standard InChI is InChI=1S/C8H11N3O2S/c1-9-5-3-2-4-7-10-6-8(14-7)11(12)13/h2,4,6,9H,3,5H2,1H3. The van der Waals surface area contributed by atoms with Gasteiger partial charge in [0.25, 0.3) is 0 Å². The van der Waals surface area contributed by atoms with Crippen molar-refractivity contribution in [2.24, 2.45) is 0 Å². The summed E-state index contributed by atoms with van der Waals surface area (Å²) in [5, 5.41) is 14.1. The zero-order valence-electron chi connectivity index (χ0n) is 7.77. The van der Waals surface area contributed by atoms with E-state index in [2.05, 4.69) is 10.3 Å². The number of thiazole rings is 1. The Morgan fingerprint density at radius 2 is 2.57 bits per heavy atom. The molecule has 0 amide bonds. The van der Waals surface area contributed by atoms with Crippen molar-refractivity contribution in [3.63, 3.8) is 0 Å². The highest BCUT2D eigenvalue weighted by Crippen LogP contribution is 2.21. The van der Waals surface area contributed by atoms with Gasteiger partial charge in [-0.3, -0.25) is 10.1 Å². The fourth-order valence-corrected chi connectivity index (χ4v) is 1.52. The van der Waals surface area contributed by atoms with Gasteiger partial charge in [-0.15, -0.1) is 0 Å². The Hall–Kier alpha value is -1.27. The van der Waals surface area contributed by atoms with Gasteiger partial charge in [-0.2, -0.15) is 0 Å². The summed E-state index contributed by atoms with van der Waals surface area (Å²) in [6.07, 6.45) is 5.92. The molecule has 0 bridgehead atoms. The summed E-state index contributed by atoms with van der Waals surface area (Å²) in [6, 6.07) is 0. The van der Waals surface area contributed by atoms with Crippen LogP contribution in [0.1, 0.15) is 11.4 Å². The molecule has 0 fully saturated rings. The van der Waals surface area contributed by atoms with E-state index in [0.29, 0.717) is 5.01 Å². The fourth-order valence-electron chi connectivity index (χ4n) is 0.852. The van der Waals surface area contributed by atoms with E-state index < -0.39 is 4.92 Å². The molecule has 0 spiro atoms. The predicted octanol–water partition coefficient (Wildman–Crippen LogP) is 1.67. The summed E-state index contributed by atoms with van der Waals surface area (Å²) in [7, 11) is 1.88. The van der Waals surface area contributed by atoms with Crippen LogP contribution in [0.5, 0.6) is 0 Å². The third-order valence-electron chi connectivity index (χ3n) is 1.51. The minimum atomic E-state index is -0.428. The summed E-state index contributed by atoms with van der Waals surface area (Å²) >= 11 is 1.08. The lowest BCUT2D eigenvalue weighted by Crippen LogP contribution is -2.05. The van der Waals surface area contributed by atoms with E-state index in [-0.39, 0.29) is 5.00 Å². The Balaban J connectivity index is 2.51. The molecule has 14 heavy (non-hydrogen) atoms. The molecule has 5 nitrogen and oxygen atoms in total. The van der Waals surface area contributed by atoms with Crippen molar-refractivity contribution in [2.75, 3.05) is 13.6 Å². The van der Waals surface area contributed by atoms with E-state index in [1.807, 2.05) is 13.1 Å². The Morgan fingerprint density at radius 1 is 1.79 bits per heavy atom. The van der Waals surface area contributed by atoms with Gasteiger partial charge in [0.05, 0.1) is 4.92 Å². The van der Waals surface area contributed by atoms with Crippen LogP contribution in [-0.4, -0.2) is 23.5 Å². The fraction of sp³-hybridized carbons (Fsp3) is 0.375. The van der Waals surface area contributed by atoms with Gasteiger partial charge in [0.15, 0.2) is 0 Å². The first-order chi connectivity index (χ1) is 6.74. The number of hydrogen-bond acceptors (Lipinski definition) is 5. The van der Waals surface area contributed by atoms with Gasteiger partial charge in [0.2, 0.25) is 0 Å². The van der Waals surface area contributed by atoms with Crippen molar-refractivity contribution in [3.8, 4) is 0 Å². The van der Waals surface area contributed by atoms with Crippen LogP contribution >= 0.6 is 11.3 Å². The molecular formula is C8H11N3O2S. The smallest absolute Gasteiger partial charge is 0.319 e. The normalized spacial score (nSPS) is 10.9. The lowest BCUT2D eigenvalue weighted by Gasteiger charge is -1.89. The van der Waals surface area contributed by atoms with Gasteiger partial charge in [0, 0.05) is 0 Å². The Kier molecular flexibility index (Phi) is 4.21. The Bertz CT molecular complexity index is 335. The molecule has 0 aliphatic heterocycles. The number of nitro groups is 1. The maximum absolute atomic E-state index is 10.3. The van der Waals surface area contributed by atoms with E-state index in [1.165, 1.54) is 6.20 Å². The van der Waals surface area contributed by atoms with Crippen LogP contribution in [0.25, 0.3) is 6.08 Å². The molecule has 0 saturated heterocycles. The largest absolute Gasteiger partial charge is 0.344 e. The average molecular weight is 213 g/mol.